The smallest absolute Gasteiger partial charge is 0.267 e. The number of benzene rings is 2. The number of fused-ring (bicyclic) bond motifs is 1. The summed E-state index contributed by atoms with van der Waals surface area (Å²) < 4.78 is 1.31. The normalized spacial score (nSPS) is 17.5. The average molecular weight is 559 g/mol. The van der Waals surface area contributed by atoms with Gasteiger partial charge in [-0.15, -0.1) is 0 Å². The maximum atomic E-state index is 13.5. The van der Waals surface area contributed by atoms with Crippen LogP contribution in [-0.2, 0) is 14.4 Å². The van der Waals surface area contributed by atoms with E-state index in [2.05, 4.69) is 28.2 Å². The van der Waals surface area contributed by atoms with Gasteiger partial charge < -0.3 is 5.32 Å². The highest BCUT2D eigenvalue weighted by Gasteiger charge is 2.42. The molecule has 0 atom stereocenters. The molecule has 0 unspecified atom stereocenters. The van der Waals surface area contributed by atoms with Gasteiger partial charge in [-0.1, -0.05) is 90.4 Å². The van der Waals surface area contributed by atoms with Crippen LogP contribution in [0.2, 0.25) is 0 Å². The van der Waals surface area contributed by atoms with Gasteiger partial charge >= 0.3 is 0 Å². The third-order valence-electron chi connectivity index (χ3n) is 5.64. The number of thiocarbonyl (C=S) groups is 1. The Balaban J connectivity index is 1.57. The van der Waals surface area contributed by atoms with Crippen molar-refractivity contribution in [3.05, 3.63) is 63.5 Å². The number of rotatable bonds is 8. The minimum absolute atomic E-state index is 0.164. The zero-order valence-corrected chi connectivity index (χ0v) is 21.9. The lowest BCUT2D eigenvalue weighted by molar-refractivity contribution is -0.122. The standard InChI is InChI=1S/C25H24BrN3O3S2/c1-2-3-4-7-13-28-24(32)22(34-25(28)33)21-18-11-5-6-12-19(18)29(23(21)31)15-20(30)27-17-10-8-9-16(26)14-17/h5-6,8-12,14H,2-4,7,13,15H2,1H3,(H,27,30). The van der Waals surface area contributed by atoms with Gasteiger partial charge in [-0.25, -0.2) is 0 Å². The molecule has 0 spiro atoms. The molecule has 2 aromatic rings. The fourth-order valence-corrected chi connectivity index (χ4v) is 5.79. The first kappa shape index (κ1) is 24.6. The van der Waals surface area contributed by atoms with Crippen molar-refractivity contribution >= 4 is 78.9 Å². The van der Waals surface area contributed by atoms with E-state index < -0.39 is 0 Å². The fourth-order valence-electron chi connectivity index (χ4n) is 4.01. The molecule has 0 bridgehead atoms. The Kier molecular flexibility index (Phi) is 7.85. The average Bonchev–Trinajstić information content (AvgIpc) is 3.24. The number of para-hydroxylation sites is 1. The number of hydrogen-bond acceptors (Lipinski definition) is 5. The second-order valence-corrected chi connectivity index (χ2v) is 10.6. The molecule has 1 N–H and O–H groups in total. The number of hydrogen-bond donors (Lipinski definition) is 1. The predicted octanol–water partition coefficient (Wildman–Crippen LogP) is 5.59. The van der Waals surface area contributed by atoms with E-state index in [9.17, 15) is 14.4 Å². The minimum atomic E-state index is -0.364. The van der Waals surface area contributed by atoms with Crippen molar-refractivity contribution in [2.45, 2.75) is 32.6 Å². The summed E-state index contributed by atoms with van der Waals surface area (Å²) in [7, 11) is 0. The Hall–Kier alpha value is -2.49. The van der Waals surface area contributed by atoms with Gasteiger partial charge in [0.25, 0.3) is 11.8 Å². The Morgan fingerprint density at radius 3 is 2.59 bits per heavy atom. The van der Waals surface area contributed by atoms with Crippen molar-refractivity contribution in [2.75, 3.05) is 23.3 Å². The number of nitrogens with one attached hydrogen (secondary N) is 1. The molecule has 0 aromatic heterocycles. The second-order valence-electron chi connectivity index (χ2n) is 8.06. The molecule has 0 saturated carbocycles. The quantitative estimate of drug-likeness (QED) is 0.260. The summed E-state index contributed by atoms with van der Waals surface area (Å²) in [6.45, 7) is 2.52. The Labute approximate surface area is 216 Å². The number of thioether (sulfide) groups is 1. The number of nitrogens with zero attached hydrogens (tertiary/aromatic N) is 2. The molecular weight excluding hydrogens is 534 g/mol. The lowest BCUT2D eigenvalue weighted by Crippen LogP contribution is -2.35. The lowest BCUT2D eigenvalue weighted by atomic mass is 10.1. The maximum absolute atomic E-state index is 13.5. The molecule has 9 heteroatoms. The molecule has 2 heterocycles. The number of carbonyl (C=O) groups is 3. The third kappa shape index (κ3) is 5.11. The van der Waals surface area contributed by atoms with E-state index in [1.54, 1.807) is 23.1 Å². The first-order chi connectivity index (χ1) is 16.4. The molecule has 0 radical (unpaired) electrons. The monoisotopic (exact) mass is 557 g/mol. The fraction of sp³-hybridized carbons (Fsp3) is 0.280. The summed E-state index contributed by atoms with van der Waals surface area (Å²) in [6.07, 6.45) is 4.12. The van der Waals surface area contributed by atoms with E-state index in [0.29, 0.717) is 38.3 Å². The van der Waals surface area contributed by atoms with Gasteiger partial charge in [0.1, 0.15) is 10.9 Å². The number of carbonyl (C=O) groups excluding carboxylic acids is 3. The number of unbranched alkanes of at least 4 members (excludes halogenated alkanes) is 3. The van der Waals surface area contributed by atoms with Crippen molar-refractivity contribution < 1.29 is 14.4 Å². The van der Waals surface area contributed by atoms with Crippen molar-refractivity contribution in [3.8, 4) is 0 Å². The summed E-state index contributed by atoms with van der Waals surface area (Å²) in [4.78, 5) is 42.9. The van der Waals surface area contributed by atoms with Gasteiger partial charge in [-0.2, -0.15) is 0 Å². The van der Waals surface area contributed by atoms with E-state index in [1.165, 1.54) is 16.7 Å². The maximum Gasteiger partial charge on any atom is 0.267 e. The molecular formula is C25H24BrN3O3S2. The van der Waals surface area contributed by atoms with Crippen LogP contribution in [0.15, 0.2) is 57.9 Å². The number of halogens is 1. The summed E-state index contributed by atoms with van der Waals surface area (Å²) in [5.41, 5.74) is 2.21. The molecule has 4 rings (SSSR count). The van der Waals surface area contributed by atoms with E-state index in [0.717, 1.165) is 30.2 Å². The Morgan fingerprint density at radius 1 is 1.03 bits per heavy atom. The summed E-state index contributed by atoms with van der Waals surface area (Å²) >= 11 is 10.0. The van der Waals surface area contributed by atoms with Crippen LogP contribution in [0.5, 0.6) is 0 Å². The zero-order valence-electron chi connectivity index (χ0n) is 18.7. The first-order valence-corrected chi connectivity index (χ1v) is 13.2. The predicted molar refractivity (Wildman–Crippen MR) is 145 cm³/mol. The van der Waals surface area contributed by atoms with Crippen LogP contribution >= 0.6 is 39.9 Å². The molecule has 1 fully saturated rings. The SMILES string of the molecule is CCCCCCN1C(=O)C(=C2C(=O)N(CC(=O)Nc3cccc(Br)c3)c3ccccc32)SC1=S. The molecule has 34 heavy (non-hydrogen) atoms. The number of anilines is 2. The second kappa shape index (κ2) is 10.8. The van der Waals surface area contributed by atoms with Gasteiger partial charge in [0.15, 0.2) is 0 Å². The van der Waals surface area contributed by atoms with Crippen LogP contribution in [0.25, 0.3) is 5.57 Å². The number of amides is 3. The Morgan fingerprint density at radius 2 is 1.82 bits per heavy atom. The van der Waals surface area contributed by atoms with Crippen LogP contribution in [0.3, 0.4) is 0 Å². The van der Waals surface area contributed by atoms with Crippen LogP contribution < -0.4 is 10.2 Å². The summed E-state index contributed by atoms with van der Waals surface area (Å²) in [6, 6.07) is 14.5. The first-order valence-electron chi connectivity index (χ1n) is 11.1. The highest BCUT2D eigenvalue weighted by atomic mass is 79.9. The van der Waals surface area contributed by atoms with Crippen molar-refractivity contribution in [1.82, 2.24) is 4.90 Å². The van der Waals surface area contributed by atoms with Crippen molar-refractivity contribution in [2.24, 2.45) is 0 Å². The zero-order chi connectivity index (χ0) is 24.2. The molecule has 1 saturated heterocycles. The van der Waals surface area contributed by atoms with Crippen LogP contribution in [0.1, 0.15) is 38.2 Å². The topological polar surface area (TPSA) is 69.7 Å². The Bertz CT molecular complexity index is 1200. The third-order valence-corrected chi connectivity index (χ3v) is 7.59. The van der Waals surface area contributed by atoms with Crippen LogP contribution in [0, 0.1) is 0 Å². The molecule has 3 amide bonds. The van der Waals surface area contributed by atoms with E-state index in [4.69, 9.17) is 12.2 Å². The summed E-state index contributed by atoms with van der Waals surface area (Å²) in [5.74, 6) is -0.923. The largest absolute Gasteiger partial charge is 0.324 e. The van der Waals surface area contributed by atoms with E-state index in [1.807, 2.05) is 30.3 Å². The van der Waals surface area contributed by atoms with Gasteiger partial charge in [0, 0.05) is 22.3 Å². The van der Waals surface area contributed by atoms with Gasteiger partial charge in [0.05, 0.1) is 16.2 Å². The van der Waals surface area contributed by atoms with Crippen molar-refractivity contribution in [1.29, 1.82) is 0 Å². The highest BCUT2D eigenvalue weighted by molar-refractivity contribution is 9.10. The van der Waals surface area contributed by atoms with Crippen molar-refractivity contribution in [3.63, 3.8) is 0 Å². The van der Waals surface area contributed by atoms with Gasteiger partial charge in [0.2, 0.25) is 5.91 Å². The van der Waals surface area contributed by atoms with Crippen LogP contribution in [0.4, 0.5) is 11.4 Å². The van der Waals surface area contributed by atoms with Crippen LogP contribution in [-0.4, -0.2) is 40.0 Å². The summed E-state index contributed by atoms with van der Waals surface area (Å²) in [5, 5.41) is 2.82. The molecule has 2 aliphatic rings. The lowest BCUT2D eigenvalue weighted by Gasteiger charge is -2.17. The molecule has 2 aromatic carbocycles. The molecule has 6 nitrogen and oxygen atoms in total. The van der Waals surface area contributed by atoms with E-state index in [-0.39, 0.29) is 24.3 Å². The molecule has 176 valence electrons. The van der Waals surface area contributed by atoms with Gasteiger partial charge in [-0.05, 0) is 30.7 Å². The molecule has 2 aliphatic heterocycles. The molecule has 0 aliphatic carbocycles. The van der Waals surface area contributed by atoms with E-state index >= 15 is 0 Å². The highest BCUT2D eigenvalue weighted by Crippen LogP contribution is 2.44. The minimum Gasteiger partial charge on any atom is -0.324 e. The van der Waals surface area contributed by atoms with Gasteiger partial charge in [-0.3, -0.25) is 24.2 Å².